The van der Waals surface area contributed by atoms with Gasteiger partial charge in [0.1, 0.15) is 11.6 Å². The number of halogens is 2. The van der Waals surface area contributed by atoms with Crippen molar-refractivity contribution >= 4 is 12.0 Å². The molecule has 0 aliphatic carbocycles. The van der Waals surface area contributed by atoms with Crippen molar-refractivity contribution in [3.63, 3.8) is 0 Å². The molecule has 0 heterocycles. The first-order chi connectivity index (χ1) is 11.0. The largest absolute Gasteiger partial charge is 0.493 e. The minimum Gasteiger partial charge on any atom is -0.493 e. The lowest BCUT2D eigenvalue weighted by molar-refractivity contribution is -0.117. The van der Waals surface area contributed by atoms with E-state index in [1.54, 1.807) is 6.07 Å². The Morgan fingerprint density at radius 1 is 1.43 bits per heavy atom. The number of amides is 1. The molecule has 124 valence electrons. The Bertz CT molecular complexity index is 610. The van der Waals surface area contributed by atoms with Crippen molar-refractivity contribution in [3.8, 4) is 17.6 Å². The van der Waals surface area contributed by atoms with Crippen molar-refractivity contribution in [2.24, 2.45) is 0 Å². The molecule has 5 nitrogen and oxygen atoms in total. The summed E-state index contributed by atoms with van der Waals surface area (Å²) in [6.07, 6.45) is 3.02. The molecule has 0 aliphatic heterocycles. The van der Waals surface area contributed by atoms with Gasteiger partial charge in [-0.2, -0.15) is 14.0 Å². The van der Waals surface area contributed by atoms with Gasteiger partial charge in [0.2, 0.25) is 0 Å². The predicted octanol–water partition coefficient (Wildman–Crippen LogP) is 3.12. The molecule has 23 heavy (non-hydrogen) atoms. The zero-order valence-electron chi connectivity index (χ0n) is 12.9. The molecule has 0 aromatic heterocycles. The number of alkyl halides is 2. The Morgan fingerprint density at radius 3 is 2.74 bits per heavy atom. The number of carbonyl (C=O) groups excluding carboxylic acids is 1. The fourth-order valence-electron chi connectivity index (χ4n) is 1.76. The lowest BCUT2D eigenvalue weighted by Crippen LogP contribution is -2.25. The highest BCUT2D eigenvalue weighted by atomic mass is 19.3. The number of ether oxygens (including phenoxy) is 2. The average molecular weight is 324 g/mol. The summed E-state index contributed by atoms with van der Waals surface area (Å²) in [5.41, 5.74) is 0.262. The molecular weight excluding hydrogens is 306 g/mol. The summed E-state index contributed by atoms with van der Waals surface area (Å²) in [6.45, 7) is -0.554. The monoisotopic (exact) mass is 324 g/mol. The standard InChI is InChI=1S/C16H18F2N2O3/c1-3-4-7-20-15(21)12(10-19)8-11-5-6-13(22-2)14(9-11)23-16(17)18/h5-6,8-9,16H,3-4,7H2,1-2H3,(H,20,21)/b12-8+. The second-order valence-electron chi connectivity index (χ2n) is 4.57. The van der Waals surface area contributed by atoms with E-state index in [4.69, 9.17) is 10.00 Å². The van der Waals surface area contributed by atoms with Crippen LogP contribution in [0.25, 0.3) is 6.08 Å². The third-order valence-corrected chi connectivity index (χ3v) is 2.90. The van der Waals surface area contributed by atoms with Crippen molar-refractivity contribution in [3.05, 3.63) is 29.3 Å². The van der Waals surface area contributed by atoms with Gasteiger partial charge in [0.15, 0.2) is 11.5 Å². The van der Waals surface area contributed by atoms with E-state index in [0.29, 0.717) is 12.1 Å². The molecule has 0 unspecified atom stereocenters. The quantitative estimate of drug-likeness (QED) is 0.453. The third-order valence-electron chi connectivity index (χ3n) is 2.90. The molecule has 0 atom stereocenters. The summed E-state index contributed by atoms with van der Waals surface area (Å²) < 4.78 is 34.1. The molecule has 1 aromatic carbocycles. The highest BCUT2D eigenvalue weighted by molar-refractivity contribution is 6.01. The normalized spacial score (nSPS) is 11.0. The van der Waals surface area contributed by atoms with Crippen molar-refractivity contribution in [2.75, 3.05) is 13.7 Å². The minimum atomic E-state index is -3.00. The lowest BCUT2D eigenvalue weighted by atomic mass is 10.1. The maximum absolute atomic E-state index is 12.4. The van der Waals surface area contributed by atoms with Gasteiger partial charge in [-0.3, -0.25) is 4.79 Å². The van der Waals surface area contributed by atoms with Crippen molar-refractivity contribution in [1.82, 2.24) is 5.32 Å². The van der Waals surface area contributed by atoms with Crippen LogP contribution < -0.4 is 14.8 Å². The number of benzene rings is 1. The van der Waals surface area contributed by atoms with Crippen molar-refractivity contribution < 1.29 is 23.0 Å². The highest BCUT2D eigenvalue weighted by Gasteiger charge is 2.12. The Morgan fingerprint density at radius 2 is 2.17 bits per heavy atom. The lowest BCUT2D eigenvalue weighted by Gasteiger charge is -2.10. The van der Waals surface area contributed by atoms with Gasteiger partial charge in [0.05, 0.1) is 7.11 Å². The van der Waals surface area contributed by atoms with Gasteiger partial charge >= 0.3 is 6.61 Å². The summed E-state index contributed by atoms with van der Waals surface area (Å²) in [5, 5.41) is 11.7. The topological polar surface area (TPSA) is 71.4 Å². The molecule has 0 saturated heterocycles. The van der Waals surface area contributed by atoms with Crippen LogP contribution in [0.15, 0.2) is 23.8 Å². The van der Waals surface area contributed by atoms with E-state index in [-0.39, 0.29) is 17.1 Å². The number of nitrogens with zero attached hydrogens (tertiary/aromatic N) is 1. The van der Waals surface area contributed by atoms with Crippen LogP contribution in [-0.2, 0) is 4.79 Å². The van der Waals surface area contributed by atoms with Gasteiger partial charge < -0.3 is 14.8 Å². The number of nitrogens with one attached hydrogen (secondary N) is 1. The molecule has 1 N–H and O–H groups in total. The zero-order chi connectivity index (χ0) is 17.2. The van der Waals surface area contributed by atoms with Crippen LogP contribution in [-0.4, -0.2) is 26.2 Å². The molecule has 0 spiro atoms. The number of nitriles is 1. The first kappa shape index (κ1) is 18.4. The third kappa shape index (κ3) is 5.94. The fourth-order valence-corrected chi connectivity index (χ4v) is 1.76. The molecule has 0 bridgehead atoms. The number of rotatable bonds is 8. The van der Waals surface area contributed by atoms with E-state index in [0.717, 1.165) is 12.8 Å². The Labute approximate surface area is 133 Å². The maximum Gasteiger partial charge on any atom is 0.387 e. The van der Waals surface area contributed by atoms with Gasteiger partial charge in [0.25, 0.3) is 5.91 Å². The van der Waals surface area contributed by atoms with E-state index in [1.165, 1.54) is 31.4 Å². The van der Waals surface area contributed by atoms with Gasteiger partial charge in [-0.1, -0.05) is 19.4 Å². The van der Waals surface area contributed by atoms with Gasteiger partial charge in [-0.15, -0.1) is 0 Å². The molecular formula is C16H18F2N2O3. The van der Waals surface area contributed by atoms with Crippen LogP contribution in [0.1, 0.15) is 25.3 Å². The SMILES string of the molecule is CCCCNC(=O)/C(C#N)=C/c1ccc(OC)c(OC(F)F)c1. The molecule has 0 fully saturated rings. The predicted molar refractivity (Wildman–Crippen MR) is 81.1 cm³/mol. The Balaban J connectivity index is 2.99. The summed E-state index contributed by atoms with van der Waals surface area (Å²) in [5.74, 6) is -0.540. The fraction of sp³-hybridized carbons (Fsp3) is 0.375. The second kappa shape index (κ2) is 9.41. The molecule has 0 radical (unpaired) electrons. The summed E-state index contributed by atoms with van der Waals surface area (Å²) in [4.78, 5) is 11.9. The molecule has 1 aromatic rings. The second-order valence-corrected chi connectivity index (χ2v) is 4.57. The van der Waals surface area contributed by atoms with E-state index in [9.17, 15) is 13.6 Å². The van der Waals surface area contributed by atoms with Gasteiger partial charge in [-0.25, -0.2) is 0 Å². The van der Waals surface area contributed by atoms with Gasteiger partial charge in [0, 0.05) is 6.54 Å². The molecule has 0 saturated carbocycles. The number of methoxy groups -OCH3 is 1. The zero-order valence-corrected chi connectivity index (χ0v) is 12.9. The van der Waals surface area contributed by atoms with Crippen LogP contribution >= 0.6 is 0 Å². The van der Waals surface area contributed by atoms with Gasteiger partial charge in [-0.05, 0) is 30.2 Å². The minimum absolute atomic E-state index is 0.116. The summed E-state index contributed by atoms with van der Waals surface area (Å²) in [6, 6.07) is 6.03. The summed E-state index contributed by atoms with van der Waals surface area (Å²) >= 11 is 0. The van der Waals surface area contributed by atoms with Crippen LogP contribution in [0.3, 0.4) is 0 Å². The summed E-state index contributed by atoms with van der Waals surface area (Å²) in [7, 11) is 1.32. The molecule has 1 rings (SSSR count). The van der Waals surface area contributed by atoms with E-state index in [1.807, 2.05) is 6.92 Å². The molecule has 0 aliphatic rings. The number of carbonyl (C=O) groups is 1. The first-order valence-corrected chi connectivity index (χ1v) is 7.04. The van der Waals surface area contributed by atoms with E-state index >= 15 is 0 Å². The smallest absolute Gasteiger partial charge is 0.387 e. The number of unbranched alkanes of at least 4 members (excludes halogenated alkanes) is 1. The van der Waals surface area contributed by atoms with Crippen LogP contribution in [0, 0.1) is 11.3 Å². The van der Waals surface area contributed by atoms with E-state index < -0.39 is 12.5 Å². The van der Waals surface area contributed by atoms with Crippen molar-refractivity contribution in [1.29, 1.82) is 5.26 Å². The highest BCUT2D eigenvalue weighted by Crippen LogP contribution is 2.30. The first-order valence-electron chi connectivity index (χ1n) is 7.04. The molecule has 1 amide bonds. The van der Waals surface area contributed by atoms with Crippen molar-refractivity contribution in [2.45, 2.75) is 26.4 Å². The Hall–Kier alpha value is -2.62. The van der Waals surface area contributed by atoms with Crippen LogP contribution in [0.4, 0.5) is 8.78 Å². The molecule has 7 heteroatoms. The van der Waals surface area contributed by atoms with Crippen LogP contribution in [0.2, 0.25) is 0 Å². The van der Waals surface area contributed by atoms with Crippen LogP contribution in [0.5, 0.6) is 11.5 Å². The maximum atomic E-state index is 12.4. The number of hydrogen-bond acceptors (Lipinski definition) is 4. The van der Waals surface area contributed by atoms with E-state index in [2.05, 4.69) is 10.1 Å². The Kier molecular flexibility index (Phi) is 7.54. The number of hydrogen-bond donors (Lipinski definition) is 1. The average Bonchev–Trinajstić information content (AvgIpc) is 2.52.